The third-order valence-corrected chi connectivity index (χ3v) is 4.91. The molecule has 3 heteroatoms. The van der Waals surface area contributed by atoms with Gasteiger partial charge in [0.15, 0.2) is 0 Å². The maximum atomic E-state index is 14.4. The van der Waals surface area contributed by atoms with Crippen molar-refractivity contribution < 1.29 is 9.13 Å². The summed E-state index contributed by atoms with van der Waals surface area (Å²) in [6, 6.07) is 5.37. The Bertz CT molecular complexity index is 441. The number of rotatable bonds is 6. The Morgan fingerprint density at radius 1 is 1.24 bits per heavy atom. The Balaban J connectivity index is 2.15. The summed E-state index contributed by atoms with van der Waals surface area (Å²) in [5.74, 6) is 1.83. The highest BCUT2D eigenvalue weighted by Gasteiger charge is 2.29. The van der Waals surface area contributed by atoms with E-state index in [1.54, 1.807) is 7.11 Å². The predicted molar refractivity (Wildman–Crippen MR) is 85.1 cm³/mol. The van der Waals surface area contributed by atoms with Crippen LogP contribution in [0, 0.1) is 17.7 Å². The lowest BCUT2D eigenvalue weighted by Crippen LogP contribution is -2.31. The number of methoxy groups -OCH3 is 1. The van der Waals surface area contributed by atoms with Gasteiger partial charge < -0.3 is 10.1 Å². The van der Waals surface area contributed by atoms with E-state index in [-0.39, 0.29) is 11.9 Å². The van der Waals surface area contributed by atoms with Crippen molar-refractivity contribution in [3.8, 4) is 5.75 Å². The summed E-state index contributed by atoms with van der Waals surface area (Å²) < 4.78 is 19.5. The second-order valence-electron chi connectivity index (χ2n) is 6.11. The van der Waals surface area contributed by atoms with Gasteiger partial charge in [0.05, 0.1) is 7.11 Å². The molecule has 0 aromatic heterocycles. The van der Waals surface area contributed by atoms with E-state index in [9.17, 15) is 4.39 Å². The molecule has 0 amide bonds. The molecule has 21 heavy (non-hydrogen) atoms. The SMILES string of the molecule is CCNC(c1ccc(OC)cc1F)C1CCC(CC)CC1. The molecule has 1 fully saturated rings. The predicted octanol–water partition coefficient (Wildman–Crippen LogP) is 4.70. The quantitative estimate of drug-likeness (QED) is 0.820. The zero-order valence-electron chi connectivity index (χ0n) is 13.5. The van der Waals surface area contributed by atoms with Crippen molar-refractivity contribution in [3.63, 3.8) is 0 Å². The minimum atomic E-state index is -0.155. The summed E-state index contributed by atoms with van der Waals surface area (Å²) in [6.45, 7) is 5.23. The molecule has 0 aliphatic heterocycles. The van der Waals surface area contributed by atoms with E-state index in [1.807, 2.05) is 12.1 Å². The van der Waals surface area contributed by atoms with Crippen LogP contribution in [-0.2, 0) is 0 Å². The van der Waals surface area contributed by atoms with Gasteiger partial charge in [0.1, 0.15) is 11.6 Å². The topological polar surface area (TPSA) is 21.3 Å². The molecule has 1 aliphatic carbocycles. The molecular formula is C18H28FNO. The largest absolute Gasteiger partial charge is 0.497 e. The average molecular weight is 293 g/mol. The lowest BCUT2D eigenvalue weighted by atomic mass is 9.76. The van der Waals surface area contributed by atoms with Crippen LogP contribution < -0.4 is 10.1 Å². The lowest BCUT2D eigenvalue weighted by molar-refractivity contribution is 0.217. The third kappa shape index (κ3) is 3.97. The van der Waals surface area contributed by atoms with Crippen molar-refractivity contribution in [2.75, 3.05) is 13.7 Å². The molecule has 118 valence electrons. The van der Waals surface area contributed by atoms with Crippen molar-refractivity contribution in [3.05, 3.63) is 29.6 Å². The Morgan fingerprint density at radius 3 is 2.48 bits per heavy atom. The minimum Gasteiger partial charge on any atom is -0.497 e. The molecule has 0 spiro atoms. The number of nitrogens with one attached hydrogen (secondary N) is 1. The van der Waals surface area contributed by atoms with E-state index in [1.165, 1.54) is 38.2 Å². The molecule has 1 atom stereocenters. The minimum absolute atomic E-state index is 0.124. The second kappa shape index (κ2) is 7.79. The fourth-order valence-corrected chi connectivity index (χ4v) is 3.57. The van der Waals surface area contributed by atoms with E-state index >= 15 is 0 Å². The van der Waals surface area contributed by atoms with E-state index in [2.05, 4.69) is 19.2 Å². The molecule has 1 saturated carbocycles. The number of halogens is 1. The molecule has 2 rings (SSSR count). The summed E-state index contributed by atoms with van der Waals surface area (Å²) >= 11 is 0. The molecule has 1 aromatic rings. The first-order chi connectivity index (χ1) is 10.2. The summed E-state index contributed by atoms with van der Waals surface area (Å²) in [6.07, 6.45) is 6.22. The average Bonchev–Trinajstić information content (AvgIpc) is 2.53. The van der Waals surface area contributed by atoms with E-state index in [0.29, 0.717) is 11.7 Å². The van der Waals surface area contributed by atoms with Crippen molar-refractivity contribution in [2.45, 2.75) is 52.0 Å². The maximum absolute atomic E-state index is 14.4. The van der Waals surface area contributed by atoms with Crippen LogP contribution in [0.4, 0.5) is 4.39 Å². The van der Waals surface area contributed by atoms with Gasteiger partial charge in [0, 0.05) is 17.7 Å². The van der Waals surface area contributed by atoms with E-state index in [4.69, 9.17) is 4.74 Å². The Labute approximate surface area is 128 Å². The maximum Gasteiger partial charge on any atom is 0.131 e. The molecular weight excluding hydrogens is 265 g/mol. The van der Waals surface area contributed by atoms with Crippen LogP contribution in [0.25, 0.3) is 0 Å². The van der Waals surface area contributed by atoms with Crippen molar-refractivity contribution in [1.82, 2.24) is 5.32 Å². The fourth-order valence-electron chi connectivity index (χ4n) is 3.57. The van der Waals surface area contributed by atoms with Crippen molar-refractivity contribution in [2.24, 2.45) is 11.8 Å². The van der Waals surface area contributed by atoms with Gasteiger partial charge in [-0.25, -0.2) is 4.39 Å². The lowest BCUT2D eigenvalue weighted by Gasteiger charge is -2.34. The fraction of sp³-hybridized carbons (Fsp3) is 0.667. The standard InChI is InChI=1S/C18H28FNO/c1-4-13-6-8-14(9-7-13)18(20-5-2)16-11-10-15(21-3)12-17(16)19/h10-14,18,20H,4-9H2,1-3H3. The van der Waals surface area contributed by atoms with Crippen LogP contribution >= 0.6 is 0 Å². The van der Waals surface area contributed by atoms with Gasteiger partial charge in [-0.15, -0.1) is 0 Å². The second-order valence-corrected chi connectivity index (χ2v) is 6.11. The van der Waals surface area contributed by atoms with Crippen molar-refractivity contribution >= 4 is 0 Å². The first-order valence-electron chi connectivity index (χ1n) is 8.26. The molecule has 0 saturated heterocycles. The van der Waals surface area contributed by atoms with Gasteiger partial charge in [0.25, 0.3) is 0 Å². The molecule has 1 aliphatic rings. The van der Waals surface area contributed by atoms with Crippen LogP contribution in [0.15, 0.2) is 18.2 Å². The number of hydrogen-bond donors (Lipinski definition) is 1. The number of ether oxygens (including phenoxy) is 1. The summed E-state index contributed by atoms with van der Waals surface area (Å²) in [5.41, 5.74) is 0.789. The molecule has 1 aromatic carbocycles. The monoisotopic (exact) mass is 293 g/mol. The third-order valence-electron chi connectivity index (χ3n) is 4.91. The van der Waals surface area contributed by atoms with Crippen molar-refractivity contribution in [1.29, 1.82) is 0 Å². The zero-order chi connectivity index (χ0) is 15.2. The van der Waals surface area contributed by atoms with Crippen LogP contribution in [0.2, 0.25) is 0 Å². The zero-order valence-corrected chi connectivity index (χ0v) is 13.5. The molecule has 0 radical (unpaired) electrons. The first kappa shape index (κ1) is 16.3. The summed E-state index contributed by atoms with van der Waals surface area (Å²) in [5, 5.41) is 3.50. The molecule has 1 N–H and O–H groups in total. The van der Waals surface area contributed by atoms with Gasteiger partial charge in [-0.05, 0) is 37.3 Å². The van der Waals surface area contributed by atoms with Crippen LogP contribution in [0.5, 0.6) is 5.75 Å². The highest BCUT2D eigenvalue weighted by atomic mass is 19.1. The first-order valence-corrected chi connectivity index (χ1v) is 8.26. The Morgan fingerprint density at radius 2 is 1.95 bits per heavy atom. The highest BCUT2D eigenvalue weighted by Crippen LogP contribution is 2.39. The number of hydrogen-bond acceptors (Lipinski definition) is 2. The van der Waals surface area contributed by atoms with Gasteiger partial charge in [0.2, 0.25) is 0 Å². The van der Waals surface area contributed by atoms with Crippen LogP contribution in [0.3, 0.4) is 0 Å². The molecule has 2 nitrogen and oxygen atoms in total. The van der Waals surface area contributed by atoms with Gasteiger partial charge >= 0.3 is 0 Å². The molecule has 0 bridgehead atoms. The Kier molecular flexibility index (Phi) is 6.04. The van der Waals surface area contributed by atoms with Crippen LogP contribution in [0.1, 0.15) is 57.6 Å². The van der Waals surface area contributed by atoms with Crippen LogP contribution in [-0.4, -0.2) is 13.7 Å². The van der Waals surface area contributed by atoms with E-state index in [0.717, 1.165) is 18.0 Å². The molecule has 0 heterocycles. The van der Waals surface area contributed by atoms with Gasteiger partial charge in [-0.3, -0.25) is 0 Å². The van der Waals surface area contributed by atoms with Gasteiger partial charge in [-0.1, -0.05) is 39.2 Å². The summed E-state index contributed by atoms with van der Waals surface area (Å²) in [4.78, 5) is 0. The highest BCUT2D eigenvalue weighted by molar-refractivity contribution is 5.31. The molecule has 1 unspecified atom stereocenters. The van der Waals surface area contributed by atoms with Gasteiger partial charge in [-0.2, -0.15) is 0 Å². The summed E-state index contributed by atoms with van der Waals surface area (Å²) in [7, 11) is 1.57. The normalized spacial score (nSPS) is 23.8. The smallest absolute Gasteiger partial charge is 0.131 e. The number of benzene rings is 1. The van der Waals surface area contributed by atoms with E-state index < -0.39 is 0 Å². The Hall–Kier alpha value is -1.09.